The first-order chi connectivity index (χ1) is 12.7. The van der Waals surface area contributed by atoms with Gasteiger partial charge < -0.3 is 20.7 Å². The molecule has 0 atom stereocenters. The fourth-order valence-electron chi connectivity index (χ4n) is 2.26. The summed E-state index contributed by atoms with van der Waals surface area (Å²) in [7, 11) is 1.70. The third-order valence-corrected chi connectivity index (χ3v) is 4.05. The Bertz CT molecular complexity index is 633. The van der Waals surface area contributed by atoms with Gasteiger partial charge in [0, 0.05) is 32.4 Å². The van der Waals surface area contributed by atoms with Crippen LogP contribution in [-0.2, 0) is 17.0 Å². The summed E-state index contributed by atoms with van der Waals surface area (Å²) in [5.74, 6) is 1.20. The monoisotopic (exact) mass is 398 g/mol. The predicted molar refractivity (Wildman–Crippen MR) is 111 cm³/mol. The van der Waals surface area contributed by atoms with Crippen molar-refractivity contribution in [3.8, 4) is 0 Å². The number of alkyl carbamates (subject to hydrolysis) is 1. The van der Waals surface area contributed by atoms with Crippen molar-refractivity contribution in [2.45, 2.75) is 45.1 Å². The number of guanidine groups is 1. The summed E-state index contributed by atoms with van der Waals surface area (Å²) < 4.78 is 18.6. The van der Waals surface area contributed by atoms with E-state index in [0.29, 0.717) is 25.6 Å². The first kappa shape index (κ1) is 23.1. The number of halogens is 1. The highest BCUT2D eigenvalue weighted by atomic mass is 32.2. The fraction of sp³-hybridized carbons (Fsp3) is 0.579. The van der Waals surface area contributed by atoms with Crippen LogP contribution in [0.1, 0.15) is 38.3 Å². The van der Waals surface area contributed by atoms with E-state index >= 15 is 0 Å². The number of hydrogen-bond donors (Lipinski definition) is 3. The zero-order valence-electron chi connectivity index (χ0n) is 16.8. The summed E-state index contributed by atoms with van der Waals surface area (Å²) >= 11 is 1.66. The third-order valence-electron chi connectivity index (χ3n) is 3.45. The average molecular weight is 399 g/mol. The molecule has 0 bridgehead atoms. The van der Waals surface area contributed by atoms with Gasteiger partial charge in [0.15, 0.2) is 5.96 Å². The molecule has 1 rings (SSSR count). The number of thioether (sulfide) groups is 1. The molecule has 0 unspecified atom stereocenters. The Kier molecular flexibility index (Phi) is 9.99. The molecule has 0 spiro atoms. The highest BCUT2D eigenvalue weighted by Crippen LogP contribution is 2.16. The molecule has 1 aromatic carbocycles. The second-order valence-electron chi connectivity index (χ2n) is 6.98. The maximum absolute atomic E-state index is 13.4. The Morgan fingerprint density at radius 2 is 1.89 bits per heavy atom. The molecule has 0 aliphatic rings. The first-order valence-electron chi connectivity index (χ1n) is 8.92. The predicted octanol–water partition coefficient (Wildman–Crippen LogP) is 3.27. The van der Waals surface area contributed by atoms with Crippen molar-refractivity contribution in [3.05, 3.63) is 35.1 Å². The van der Waals surface area contributed by atoms with Crippen LogP contribution in [0.2, 0.25) is 0 Å². The molecule has 0 aliphatic carbocycles. The molecule has 1 amide bonds. The molecular formula is C19H31FN4O2S. The number of nitrogens with one attached hydrogen (secondary N) is 3. The Hall–Kier alpha value is -1.96. The molecule has 0 radical (unpaired) electrons. The molecule has 8 heteroatoms. The molecule has 0 fully saturated rings. The van der Waals surface area contributed by atoms with Crippen LogP contribution >= 0.6 is 11.8 Å². The number of carbonyl (C=O) groups is 1. The van der Waals surface area contributed by atoms with E-state index in [9.17, 15) is 9.18 Å². The van der Waals surface area contributed by atoms with Gasteiger partial charge in [0.2, 0.25) is 0 Å². The van der Waals surface area contributed by atoms with Gasteiger partial charge in [-0.15, -0.1) is 0 Å². The number of carbonyl (C=O) groups excluding carboxylic acids is 1. The zero-order valence-corrected chi connectivity index (χ0v) is 17.6. The van der Waals surface area contributed by atoms with Gasteiger partial charge >= 0.3 is 6.09 Å². The van der Waals surface area contributed by atoms with Crippen molar-refractivity contribution < 1.29 is 13.9 Å². The molecule has 152 valence electrons. The molecule has 0 aliphatic heterocycles. The Morgan fingerprint density at radius 3 is 2.52 bits per heavy atom. The number of amides is 1. The van der Waals surface area contributed by atoms with Crippen LogP contribution in [0, 0.1) is 5.82 Å². The molecular weight excluding hydrogens is 367 g/mol. The molecule has 0 aromatic heterocycles. The standard InChI is InChI=1S/C19H31FN4O2S/c1-19(2,3)26-18(25)23-10-6-9-22-17(21-4)24-12-14-7-8-16(20)11-15(14)13-27-5/h7-8,11H,6,9-10,12-13H2,1-5H3,(H,23,25)(H2,21,22,24). The van der Waals surface area contributed by atoms with E-state index < -0.39 is 11.7 Å². The molecule has 27 heavy (non-hydrogen) atoms. The minimum absolute atomic E-state index is 0.220. The van der Waals surface area contributed by atoms with E-state index in [-0.39, 0.29) is 5.82 Å². The quantitative estimate of drug-likeness (QED) is 0.356. The molecule has 1 aromatic rings. The van der Waals surface area contributed by atoms with E-state index in [1.807, 2.05) is 27.0 Å². The summed E-state index contributed by atoms with van der Waals surface area (Å²) in [5.41, 5.74) is 1.52. The van der Waals surface area contributed by atoms with E-state index in [1.54, 1.807) is 30.9 Å². The summed E-state index contributed by atoms with van der Waals surface area (Å²) in [6, 6.07) is 4.84. The van der Waals surface area contributed by atoms with Crippen LogP contribution in [0.5, 0.6) is 0 Å². The minimum atomic E-state index is -0.496. The van der Waals surface area contributed by atoms with Gasteiger partial charge in [0.1, 0.15) is 11.4 Å². The fourth-order valence-corrected chi connectivity index (χ4v) is 2.84. The van der Waals surface area contributed by atoms with E-state index in [4.69, 9.17) is 4.74 Å². The maximum Gasteiger partial charge on any atom is 0.407 e. The summed E-state index contributed by atoms with van der Waals surface area (Å²) in [5, 5.41) is 9.14. The lowest BCUT2D eigenvalue weighted by Gasteiger charge is -2.19. The lowest BCUT2D eigenvalue weighted by atomic mass is 10.1. The van der Waals surface area contributed by atoms with Crippen LogP contribution in [0.3, 0.4) is 0 Å². The van der Waals surface area contributed by atoms with E-state index in [0.717, 1.165) is 23.3 Å². The second-order valence-corrected chi connectivity index (χ2v) is 7.85. The van der Waals surface area contributed by atoms with Crippen molar-refractivity contribution in [1.29, 1.82) is 0 Å². The van der Waals surface area contributed by atoms with Crippen molar-refractivity contribution in [3.63, 3.8) is 0 Å². The molecule has 6 nitrogen and oxygen atoms in total. The normalized spacial score (nSPS) is 11.9. The highest BCUT2D eigenvalue weighted by molar-refractivity contribution is 7.97. The Labute approximate surface area is 165 Å². The van der Waals surface area contributed by atoms with Gasteiger partial charge in [0.25, 0.3) is 0 Å². The molecule has 0 heterocycles. The number of aliphatic imine (C=N–C) groups is 1. The van der Waals surface area contributed by atoms with E-state index in [2.05, 4.69) is 20.9 Å². The van der Waals surface area contributed by atoms with Gasteiger partial charge in [0.05, 0.1) is 0 Å². The number of nitrogens with zero attached hydrogens (tertiary/aromatic N) is 1. The van der Waals surface area contributed by atoms with Crippen LogP contribution < -0.4 is 16.0 Å². The highest BCUT2D eigenvalue weighted by Gasteiger charge is 2.15. The number of ether oxygens (including phenoxy) is 1. The van der Waals surface area contributed by atoms with Gasteiger partial charge in [-0.1, -0.05) is 6.07 Å². The lowest BCUT2D eigenvalue weighted by Crippen LogP contribution is -2.39. The second kappa shape index (κ2) is 11.7. The van der Waals surface area contributed by atoms with E-state index in [1.165, 1.54) is 6.07 Å². The van der Waals surface area contributed by atoms with Crippen molar-refractivity contribution in [1.82, 2.24) is 16.0 Å². The third kappa shape index (κ3) is 10.1. The summed E-state index contributed by atoms with van der Waals surface area (Å²) in [6.45, 7) is 7.21. The minimum Gasteiger partial charge on any atom is -0.444 e. The van der Waals surface area contributed by atoms with Gasteiger partial charge in [-0.05, 0) is 56.7 Å². The number of benzene rings is 1. The molecule has 0 saturated carbocycles. The van der Waals surface area contributed by atoms with Crippen molar-refractivity contribution in [2.24, 2.45) is 4.99 Å². The Balaban J connectivity index is 2.34. The van der Waals surface area contributed by atoms with Crippen LogP contribution in [0.15, 0.2) is 23.2 Å². The van der Waals surface area contributed by atoms with Gasteiger partial charge in [-0.3, -0.25) is 4.99 Å². The van der Waals surface area contributed by atoms with Crippen LogP contribution in [-0.4, -0.2) is 44.0 Å². The average Bonchev–Trinajstić information content (AvgIpc) is 2.57. The smallest absolute Gasteiger partial charge is 0.407 e. The molecule has 0 saturated heterocycles. The number of hydrogen-bond acceptors (Lipinski definition) is 4. The van der Waals surface area contributed by atoms with Gasteiger partial charge in [-0.25, -0.2) is 9.18 Å². The van der Waals surface area contributed by atoms with Crippen LogP contribution in [0.4, 0.5) is 9.18 Å². The van der Waals surface area contributed by atoms with Crippen LogP contribution in [0.25, 0.3) is 0 Å². The van der Waals surface area contributed by atoms with Crippen molar-refractivity contribution >= 4 is 23.8 Å². The SMILES string of the molecule is CN=C(NCCCNC(=O)OC(C)(C)C)NCc1ccc(F)cc1CSC. The zero-order chi connectivity index (χ0) is 20.3. The summed E-state index contributed by atoms with van der Waals surface area (Å²) in [6.07, 6.45) is 2.31. The Morgan fingerprint density at radius 1 is 1.19 bits per heavy atom. The first-order valence-corrected chi connectivity index (χ1v) is 10.3. The van der Waals surface area contributed by atoms with Crippen molar-refractivity contribution in [2.75, 3.05) is 26.4 Å². The largest absolute Gasteiger partial charge is 0.444 e. The summed E-state index contributed by atoms with van der Waals surface area (Å²) in [4.78, 5) is 15.7. The maximum atomic E-state index is 13.4. The van der Waals surface area contributed by atoms with Gasteiger partial charge in [-0.2, -0.15) is 11.8 Å². The lowest BCUT2D eigenvalue weighted by molar-refractivity contribution is 0.0527. The molecule has 3 N–H and O–H groups in total. The number of rotatable bonds is 8. The topological polar surface area (TPSA) is 74.8 Å².